The van der Waals surface area contributed by atoms with Crippen molar-refractivity contribution >= 4 is 56.4 Å². The molecule has 1 saturated carbocycles. The van der Waals surface area contributed by atoms with Crippen LogP contribution < -0.4 is 14.5 Å². The number of hydrogen-bond acceptors (Lipinski definition) is 7. The van der Waals surface area contributed by atoms with Gasteiger partial charge in [-0.2, -0.15) is 0 Å². The fourth-order valence-corrected chi connectivity index (χ4v) is 6.12. The highest BCUT2D eigenvalue weighted by molar-refractivity contribution is 7.92. The maximum Gasteiger partial charge on any atom is 0.237 e. The Morgan fingerprint density at radius 1 is 1.05 bits per heavy atom. The minimum absolute atomic E-state index is 0. The largest absolute Gasteiger partial charge is 0.358 e. The molecule has 1 fully saturated rings. The topological polar surface area (TPSA) is 98.7 Å². The van der Waals surface area contributed by atoms with Crippen molar-refractivity contribution in [3.05, 3.63) is 42.2 Å². The fourth-order valence-electron chi connectivity index (χ4n) is 5.57. The number of nitrogens with one attached hydrogen (secondary N) is 1. The van der Waals surface area contributed by atoms with Crippen molar-refractivity contribution in [1.82, 2.24) is 14.9 Å². The summed E-state index contributed by atoms with van der Waals surface area (Å²) >= 11 is 0. The summed E-state index contributed by atoms with van der Waals surface area (Å²) in [6.45, 7) is 1.66. The number of hydrogen-bond donors (Lipinski definition) is 1. The molecule has 1 aromatic carbocycles. The fraction of sp³-hybridized carbons (Fsp3) is 0.444. The Morgan fingerprint density at radius 3 is 2.42 bits per heavy atom. The summed E-state index contributed by atoms with van der Waals surface area (Å²) in [4.78, 5) is 28.3. The van der Waals surface area contributed by atoms with Crippen LogP contribution in [-0.2, 0) is 20.2 Å². The summed E-state index contributed by atoms with van der Waals surface area (Å²) in [5, 5.41) is 0.968. The molecule has 9 nitrogen and oxygen atoms in total. The van der Waals surface area contributed by atoms with Crippen LogP contribution in [0.5, 0.6) is 0 Å². The first-order chi connectivity index (χ1) is 17.5. The first-order valence-electron chi connectivity index (χ1n) is 12.6. The molecule has 1 amide bonds. The minimum atomic E-state index is -3.51. The Bertz CT molecular complexity index is 1490. The maximum atomic E-state index is 13.2. The monoisotopic (exact) mass is 558 g/mol. The highest BCUT2D eigenvalue weighted by Gasteiger charge is 2.54. The molecule has 2 aliphatic rings. The number of aromatic nitrogens is 2. The number of carbonyl (C=O) groups is 1. The lowest BCUT2D eigenvalue weighted by Gasteiger charge is -2.37. The molecule has 1 aliphatic heterocycles. The third kappa shape index (κ3) is 4.92. The van der Waals surface area contributed by atoms with Gasteiger partial charge in [-0.15, -0.1) is 12.4 Å². The molecular formula is C27H35ClN6O3S. The lowest BCUT2D eigenvalue weighted by atomic mass is 9.64. The van der Waals surface area contributed by atoms with Crippen LogP contribution in [0.15, 0.2) is 36.7 Å². The number of fused-ring (bicyclic) bond motifs is 4. The minimum Gasteiger partial charge on any atom is -0.358 e. The third-order valence-electron chi connectivity index (χ3n) is 7.56. The van der Waals surface area contributed by atoms with E-state index in [1.807, 2.05) is 51.3 Å². The number of rotatable bonds is 8. The van der Waals surface area contributed by atoms with Crippen LogP contribution in [0.25, 0.3) is 22.0 Å². The molecule has 0 atom stereocenters. The number of sulfonamides is 1. The van der Waals surface area contributed by atoms with Gasteiger partial charge in [-0.1, -0.05) is 12.5 Å². The van der Waals surface area contributed by atoms with Gasteiger partial charge in [-0.25, -0.2) is 13.4 Å². The molecule has 5 rings (SSSR count). The zero-order chi connectivity index (χ0) is 26.5. The highest BCUT2D eigenvalue weighted by Crippen LogP contribution is 2.55. The molecule has 1 aliphatic carbocycles. The molecule has 0 radical (unpaired) electrons. The van der Waals surface area contributed by atoms with Crippen molar-refractivity contribution in [3.63, 3.8) is 0 Å². The van der Waals surface area contributed by atoms with Gasteiger partial charge in [-0.3, -0.25) is 14.5 Å². The van der Waals surface area contributed by atoms with Crippen molar-refractivity contribution in [1.29, 1.82) is 0 Å². The Kier molecular flexibility index (Phi) is 7.62. The van der Waals surface area contributed by atoms with E-state index in [1.54, 1.807) is 17.3 Å². The summed E-state index contributed by atoms with van der Waals surface area (Å²) in [5.41, 5.74) is 4.45. The average Bonchev–Trinajstić information content (AvgIpc) is 3.04. The Labute approximate surface area is 230 Å². The first-order valence-corrected chi connectivity index (χ1v) is 14.4. The molecule has 3 aromatic rings. The lowest BCUT2D eigenvalue weighted by molar-refractivity contribution is -0.125. The molecular weight excluding hydrogens is 524 g/mol. The van der Waals surface area contributed by atoms with E-state index in [2.05, 4.69) is 25.7 Å². The molecule has 2 aromatic heterocycles. The molecule has 0 unspecified atom stereocenters. The van der Waals surface area contributed by atoms with E-state index in [0.29, 0.717) is 11.5 Å². The molecule has 1 spiro atoms. The van der Waals surface area contributed by atoms with Gasteiger partial charge in [0.2, 0.25) is 15.9 Å². The van der Waals surface area contributed by atoms with Gasteiger partial charge in [0, 0.05) is 43.4 Å². The van der Waals surface area contributed by atoms with E-state index in [1.165, 1.54) is 0 Å². The highest BCUT2D eigenvalue weighted by atomic mass is 35.5. The van der Waals surface area contributed by atoms with Crippen molar-refractivity contribution in [2.75, 3.05) is 62.1 Å². The van der Waals surface area contributed by atoms with Gasteiger partial charge >= 0.3 is 0 Å². The zero-order valence-electron chi connectivity index (χ0n) is 22.5. The van der Waals surface area contributed by atoms with Gasteiger partial charge < -0.3 is 14.7 Å². The predicted molar refractivity (Wildman–Crippen MR) is 156 cm³/mol. The zero-order valence-corrected chi connectivity index (χ0v) is 24.1. The molecule has 0 bridgehead atoms. The van der Waals surface area contributed by atoms with Gasteiger partial charge in [0.15, 0.2) is 5.82 Å². The second-order valence-electron chi connectivity index (χ2n) is 10.6. The molecule has 204 valence electrons. The molecule has 11 heteroatoms. The molecule has 38 heavy (non-hydrogen) atoms. The normalized spacial score (nSPS) is 15.9. The van der Waals surface area contributed by atoms with E-state index >= 15 is 0 Å². The second-order valence-corrected chi connectivity index (χ2v) is 12.3. The number of benzene rings is 1. The van der Waals surface area contributed by atoms with Crippen LogP contribution in [-0.4, -0.2) is 76.7 Å². The van der Waals surface area contributed by atoms with Crippen LogP contribution in [0.4, 0.5) is 17.2 Å². The van der Waals surface area contributed by atoms with Gasteiger partial charge in [0.05, 0.1) is 34.8 Å². The SMILES string of the molecule is CN(C)CCCN(C)c1ncc(-c2ccc3ncc4c(c3c2)C2(CCC2)C(=O)N4C)cc1NS(C)(=O)=O.Cl. The van der Waals surface area contributed by atoms with E-state index < -0.39 is 15.4 Å². The summed E-state index contributed by atoms with van der Waals surface area (Å²) in [6, 6.07) is 7.83. The van der Waals surface area contributed by atoms with Crippen molar-refractivity contribution in [2.45, 2.75) is 31.1 Å². The standard InChI is InChI=1S/C27H34N6O3S.ClH/c1-31(2)12-7-13-32(3)25-22(30-37(5,35)36)15-19(16-29-25)18-8-9-21-20(14-18)24-23(17-28-21)33(4)26(34)27(24)10-6-11-27;/h8-9,14-17,30H,6-7,10-13H2,1-5H3;1H. The summed E-state index contributed by atoms with van der Waals surface area (Å²) in [7, 11) is 4.29. The van der Waals surface area contributed by atoms with Crippen molar-refractivity contribution in [2.24, 2.45) is 0 Å². The molecule has 3 heterocycles. The molecule has 1 N–H and O–H groups in total. The number of anilines is 3. The number of likely N-dealkylation sites (N-methyl/N-ethyl adjacent to an activating group) is 1. The van der Waals surface area contributed by atoms with Crippen LogP contribution in [0.3, 0.4) is 0 Å². The smallest absolute Gasteiger partial charge is 0.237 e. The van der Waals surface area contributed by atoms with Crippen molar-refractivity contribution < 1.29 is 13.2 Å². The average molecular weight is 559 g/mol. The first kappa shape index (κ1) is 28.1. The van der Waals surface area contributed by atoms with E-state index in [0.717, 1.165) is 78.3 Å². The quantitative estimate of drug-likeness (QED) is 0.448. The number of amides is 1. The van der Waals surface area contributed by atoms with E-state index in [9.17, 15) is 13.2 Å². The number of nitrogens with zero attached hydrogens (tertiary/aromatic N) is 5. The summed E-state index contributed by atoms with van der Waals surface area (Å²) in [6.07, 6.45) is 8.39. The third-order valence-corrected chi connectivity index (χ3v) is 8.16. The number of halogens is 1. The van der Waals surface area contributed by atoms with Crippen molar-refractivity contribution in [3.8, 4) is 11.1 Å². The molecule has 0 saturated heterocycles. The van der Waals surface area contributed by atoms with Crippen LogP contribution in [0, 0.1) is 0 Å². The Balaban J connectivity index is 0.00000336. The van der Waals surface area contributed by atoms with Crippen LogP contribution >= 0.6 is 12.4 Å². The van der Waals surface area contributed by atoms with Gasteiger partial charge in [0.1, 0.15) is 0 Å². The predicted octanol–water partition coefficient (Wildman–Crippen LogP) is 3.88. The van der Waals surface area contributed by atoms with Crippen LogP contribution in [0.1, 0.15) is 31.2 Å². The maximum absolute atomic E-state index is 13.2. The van der Waals surface area contributed by atoms with E-state index in [4.69, 9.17) is 0 Å². The van der Waals surface area contributed by atoms with Gasteiger partial charge in [0.25, 0.3) is 0 Å². The summed E-state index contributed by atoms with van der Waals surface area (Å²) < 4.78 is 27.0. The number of pyridine rings is 2. The Hall–Kier alpha value is -2.95. The van der Waals surface area contributed by atoms with Gasteiger partial charge in [-0.05, 0) is 63.7 Å². The summed E-state index contributed by atoms with van der Waals surface area (Å²) in [5.74, 6) is 0.730. The number of carbonyl (C=O) groups excluding carboxylic acids is 1. The van der Waals surface area contributed by atoms with E-state index in [-0.39, 0.29) is 18.3 Å². The second kappa shape index (κ2) is 10.3. The van der Waals surface area contributed by atoms with Crippen LogP contribution in [0.2, 0.25) is 0 Å². The Morgan fingerprint density at radius 2 is 1.79 bits per heavy atom. The lowest BCUT2D eigenvalue weighted by Crippen LogP contribution is -2.43.